The van der Waals surface area contributed by atoms with Crippen molar-refractivity contribution in [1.29, 1.82) is 0 Å². The van der Waals surface area contributed by atoms with Crippen LogP contribution in [0, 0.1) is 12.7 Å². The van der Waals surface area contributed by atoms with Gasteiger partial charge in [-0.2, -0.15) is 0 Å². The number of pyridine rings is 1. The highest BCUT2D eigenvalue weighted by Gasteiger charge is 2.20. The van der Waals surface area contributed by atoms with Gasteiger partial charge in [-0.1, -0.05) is 23.4 Å². The summed E-state index contributed by atoms with van der Waals surface area (Å²) in [4.78, 5) is 18.0. The molecule has 130 valence electrons. The highest BCUT2D eigenvalue weighted by molar-refractivity contribution is 7.13. The highest BCUT2D eigenvalue weighted by Crippen LogP contribution is 2.29. The summed E-state index contributed by atoms with van der Waals surface area (Å²) in [6.07, 6.45) is 0. The standard InChI is InChI=1S/C19H13FN2O3S/c1-11-17-14(19(23)24-10-12-4-6-13(20)7-5-12)9-15(16-3-2-8-26-16)21-18(17)25-22-11/h2-9H,10H2,1H3. The van der Waals surface area contributed by atoms with Crippen LogP contribution in [0.5, 0.6) is 0 Å². The number of benzene rings is 1. The third-order valence-electron chi connectivity index (χ3n) is 3.89. The van der Waals surface area contributed by atoms with Gasteiger partial charge in [0.2, 0.25) is 0 Å². The highest BCUT2D eigenvalue weighted by atomic mass is 32.1. The molecule has 0 unspecified atom stereocenters. The fourth-order valence-electron chi connectivity index (χ4n) is 2.61. The minimum Gasteiger partial charge on any atom is -0.457 e. The predicted octanol–water partition coefficient (Wildman–Crippen LogP) is 4.76. The van der Waals surface area contributed by atoms with Crippen LogP contribution in [0.4, 0.5) is 4.39 Å². The van der Waals surface area contributed by atoms with E-state index in [4.69, 9.17) is 9.26 Å². The average Bonchev–Trinajstić information content (AvgIpc) is 3.31. The van der Waals surface area contributed by atoms with E-state index in [-0.39, 0.29) is 12.4 Å². The van der Waals surface area contributed by atoms with Gasteiger partial charge in [0.15, 0.2) is 0 Å². The molecule has 26 heavy (non-hydrogen) atoms. The molecule has 0 radical (unpaired) electrons. The van der Waals surface area contributed by atoms with Crippen LogP contribution >= 0.6 is 11.3 Å². The lowest BCUT2D eigenvalue weighted by Crippen LogP contribution is -2.07. The van der Waals surface area contributed by atoms with Gasteiger partial charge in [0.25, 0.3) is 5.71 Å². The second kappa shape index (κ2) is 6.68. The van der Waals surface area contributed by atoms with Gasteiger partial charge in [-0.05, 0) is 42.1 Å². The molecule has 0 atom stereocenters. The summed E-state index contributed by atoms with van der Waals surface area (Å²) in [5, 5.41) is 6.37. The Morgan fingerprint density at radius 2 is 2.08 bits per heavy atom. The van der Waals surface area contributed by atoms with Crippen molar-refractivity contribution in [1.82, 2.24) is 10.1 Å². The fourth-order valence-corrected chi connectivity index (χ4v) is 3.30. The topological polar surface area (TPSA) is 65.2 Å². The molecular weight excluding hydrogens is 355 g/mol. The second-order valence-electron chi connectivity index (χ2n) is 5.68. The first-order valence-electron chi connectivity index (χ1n) is 7.84. The van der Waals surface area contributed by atoms with Crippen molar-refractivity contribution >= 4 is 28.4 Å². The molecule has 5 nitrogen and oxygen atoms in total. The van der Waals surface area contributed by atoms with E-state index in [1.54, 1.807) is 25.1 Å². The summed E-state index contributed by atoms with van der Waals surface area (Å²) in [5.41, 5.74) is 2.53. The van der Waals surface area contributed by atoms with E-state index in [2.05, 4.69) is 10.1 Å². The van der Waals surface area contributed by atoms with Gasteiger partial charge >= 0.3 is 5.97 Å². The molecular formula is C19H13FN2O3S. The van der Waals surface area contributed by atoms with Crippen molar-refractivity contribution < 1.29 is 18.4 Å². The SMILES string of the molecule is Cc1noc2nc(-c3cccs3)cc(C(=O)OCc3ccc(F)cc3)c12. The quantitative estimate of drug-likeness (QED) is 0.486. The third kappa shape index (κ3) is 3.09. The number of carbonyl (C=O) groups is 1. The minimum absolute atomic E-state index is 0.0432. The van der Waals surface area contributed by atoms with Crippen molar-refractivity contribution in [3.8, 4) is 10.6 Å². The maximum absolute atomic E-state index is 13.0. The van der Waals surface area contributed by atoms with Gasteiger partial charge < -0.3 is 9.26 Å². The van der Waals surface area contributed by atoms with Crippen LogP contribution in [0.25, 0.3) is 21.7 Å². The molecule has 0 saturated heterocycles. The van der Waals surface area contributed by atoms with E-state index in [1.165, 1.54) is 23.5 Å². The van der Waals surface area contributed by atoms with Crippen LogP contribution in [-0.2, 0) is 11.3 Å². The van der Waals surface area contributed by atoms with Gasteiger partial charge in [0.05, 0.1) is 27.2 Å². The lowest BCUT2D eigenvalue weighted by molar-refractivity contribution is 0.0475. The summed E-state index contributed by atoms with van der Waals surface area (Å²) in [5.74, 6) is -0.845. The molecule has 1 aromatic carbocycles. The normalized spacial score (nSPS) is 11.0. The first-order valence-corrected chi connectivity index (χ1v) is 8.72. The number of rotatable bonds is 4. The molecule has 0 amide bonds. The Morgan fingerprint density at radius 1 is 1.27 bits per heavy atom. The summed E-state index contributed by atoms with van der Waals surface area (Å²) in [6, 6.07) is 11.3. The van der Waals surface area contributed by atoms with Crippen LogP contribution < -0.4 is 0 Å². The lowest BCUT2D eigenvalue weighted by atomic mass is 10.1. The molecule has 0 saturated carbocycles. The summed E-state index contributed by atoms with van der Waals surface area (Å²) in [6.45, 7) is 1.79. The van der Waals surface area contributed by atoms with E-state index in [9.17, 15) is 9.18 Å². The zero-order chi connectivity index (χ0) is 18.1. The van der Waals surface area contributed by atoms with E-state index in [1.807, 2.05) is 17.5 Å². The van der Waals surface area contributed by atoms with Gasteiger partial charge in [-0.15, -0.1) is 11.3 Å². The van der Waals surface area contributed by atoms with Crippen LogP contribution in [0.15, 0.2) is 52.4 Å². The van der Waals surface area contributed by atoms with Crippen molar-refractivity contribution in [2.24, 2.45) is 0 Å². The zero-order valence-corrected chi connectivity index (χ0v) is 14.5. The van der Waals surface area contributed by atoms with Crippen molar-refractivity contribution in [2.75, 3.05) is 0 Å². The fraction of sp³-hybridized carbons (Fsp3) is 0.105. The average molecular weight is 368 g/mol. The molecule has 0 spiro atoms. The number of nitrogens with zero attached hydrogens (tertiary/aromatic N) is 2. The Balaban J connectivity index is 1.68. The Labute approximate surface area is 152 Å². The first-order chi connectivity index (χ1) is 12.6. The molecule has 3 heterocycles. The largest absolute Gasteiger partial charge is 0.457 e. The van der Waals surface area contributed by atoms with Gasteiger partial charge in [-0.3, -0.25) is 0 Å². The van der Waals surface area contributed by atoms with E-state index >= 15 is 0 Å². The molecule has 0 N–H and O–H groups in total. The number of carbonyl (C=O) groups excluding carboxylic acids is 1. The Morgan fingerprint density at radius 3 is 2.81 bits per heavy atom. The maximum atomic E-state index is 13.0. The van der Waals surface area contributed by atoms with Crippen molar-refractivity contribution in [3.05, 3.63) is 70.5 Å². The molecule has 7 heteroatoms. The van der Waals surface area contributed by atoms with Gasteiger partial charge in [0, 0.05) is 0 Å². The van der Waals surface area contributed by atoms with E-state index < -0.39 is 5.97 Å². The number of fused-ring (bicyclic) bond motifs is 1. The minimum atomic E-state index is -0.508. The number of aromatic nitrogens is 2. The number of thiophene rings is 1. The molecule has 4 aromatic rings. The molecule has 0 aliphatic heterocycles. The molecule has 0 bridgehead atoms. The number of hydrogen-bond acceptors (Lipinski definition) is 6. The van der Waals surface area contributed by atoms with Crippen LogP contribution in [0.2, 0.25) is 0 Å². The Bertz CT molecular complexity index is 1070. The number of aryl methyl sites for hydroxylation is 1. The first kappa shape index (κ1) is 16.4. The van der Waals surface area contributed by atoms with E-state index in [0.717, 1.165) is 4.88 Å². The molecule has 4 rings (SSSR count). The molecule has 0 fully saturated rings. The van der Waals surface area contributed by atoms with E-state index in [0.29, 0.717) is 33.6 Å². The molecule has 0 aliphatic rings. The summed E-state index contributed by atoms with van der Waals surface area (Å²) < 4.78 is 23.6. The van der Waals surface area contributed by atoms with Crippen LogP contribution in [0.3, 0.4) is 0 Å². The maximum Gasteiger partial charge on any atom is 0.339 e. The summed E-state index contributed by atoms with van der Waals surface area (Å²) in [7, 11) is 0. The second-order valence-corrected chi connectivity index (χ2v) is 6.63. The lowest BCUT2D eigenvalue weighted by Gasteiger charge is -2.07. The monoisotopic (exact) mass is 368 g/mol. The van der Waals surface area contributed by atoms with Crippen molar-refractivity contribution in [3.63, 3.8) is 0 Å². The van der Waals surface area contributed by atoms with Crippen LogP contribution in [-0.4, -0.2) is 16.1 Å². The van der Waals surface area contributed by atoms with Gasteiger partial charge in [0.1, 0.15) is 12.4 Å². The van der Waals surface area contributed by atoms with Crippen LogP contribution in [0.1, 0.15) is 21.6 Å². The molecule has 3 aromatic heterocycles. The number of esters is 1. The smallest absolute Gasteiger partial charge is 0.339 e. The molecule has 0 aliphatic carbocycles. The third-order valence-corrected chi connectivity index (χ3v) is 4.79. The van der Waals surface area contributed by atoms with Gasteiger partial charge in [-0.25, -0.2) is 14.2 Å². The number of ether oxygens (including phenoxy) is 1. The number of hydrogen-bond donors (Lipinski definition) is 0. The zero-order valence-electron chi connectivity index (χ0n) is 13.7. The Hall–Kier alpha value is -3.06. The van der Waals surface area contributed by atoms with Crippen molar-refractivity contribution in [2.45, 2.75) is 13.5 Å². The predicted molar refractivity (Wildman–Crippen MR) is 95.4 cm³/mol. The summed E-state index contributed by atoms with van der Waals surface area (Å²) >= 11 is 1.51. The number of halogens is 1. The Kier molecular flexibility index (Phi) is 4.22.